The van der Waals surface area contributed by atoms with E-state index in [1.807, 2.05) is 23.3 Å². The zero-order valence-corrected chi connectivity index (χ0v) is 11.6. The topological polar surface area (TPSA) is 72.1 Å². The Balaban J connectivity index is 1.86. The molecule has 6 heteroatoms. The van der Waals surface area contributed by atoms with Crippen LogP contribution in [-0.4, -0.2) is 27.3 Å². The maximum Gasteiger partial charge on any atom is 0.225 e. The molecule has 0 saturated carbocycles. The van der Waals surface area contributed by atoms with E-state index >= 15 is 0 Å². The first-order valence-electron chi connectivity index (χ1n) is 6.43. The number of amides is 1. The minimum absolute atomic E-state index is 0.108. The van der Waals surface area contributed by atoms with Crippen molar-refractivity contribution in [2.45, 2.75) is 26.3 Å². The van der Waals surface area contributed by atoms with Crippen LogP contribution in [0.2, 0.25) is 0 Å². The standard InChI is InChI=1S/C13H16N4OS/c1-8-3-2-5-17(13(8)18)7-10-15-11(14)9-4-6-19-12(9)16-10/h4,6,8H,2-3,5,7H2,1H3,(H2,14,15,16). The highest BCUT2D eigenvalue weighted by atomic mass is 32.1. The average molecular weight is 276 g/mol. The average Bonchev–Trinajstić information content (AvgIpc) is 2.84. The number of nitrogens with two attached hydrogens (primary N) is 1. The van der Waals surface area contributed by atoms with Gasteiger partial charge in [-0.1, -0.05) is 6.92 Å². The Morgan fingerprint density at radius 1 is 1.53 bits per heavy atom. The van der Waals surface area contributed by atoms with Gasteiger partial charge in [0.1, 0.15) is 10.6 Å². The van der Waals surface area contributed by atoms with Crippen LogP contribution < -0.4 is 5.73 Å². The quantitative estimate of drug-likeness (QED) is 0.911. The van der Waals surface area contributed by atoms with E-state index in [0.29, 0.717) is 18.2 Å². The molecule has 0 aromatic carbocycles. The van der Waals surface area contributed by atoms with Gasteiger partial charge < -0.3 is 10.6 Å². The first kappa shape index (κ1) is 12.3. The normalized spacial score (nSPS) is 20.2. The van der Waals surface area contributed by atoms with Crippen molar-refractivity contribution in [3.63, 3.8) is 0 Å². The predicted molar refractivity (Wildman–Crippen MR) is 75.6 cm³/mol. The number of carbonyl (C=O) groups is 1. The number of rotatable bonds is 2. The third kappa shape index (κ3) is 2.28. The molecule has 0 radical (unpaired) electrons. The molecule has 1 aliphatic heterocycles. The number of hydrogen-bond donors (Lipinski definition) is 1. The molecule has 3 heterocycles. The zero-order chi connectivity index (χ0) is 13.4. The molecular formula is C13H16N4OS. The third-order valence-electron chi connectivity index (χ3n) is 3.53. The van der Waals surface area contributed by atoms with Crippen LogP contribution in [-0.2, 0) is 11.3 Å². The van der Waals surface area contributed by atoms with E-state index in [-0.39, 0.29) is 11.8 Å². The Kier molecular flexibility index (Phi) is 3.10. The fourth-order valence-corrected chi connectivity index (χ4v) is 3.25. The van der Waals surface area contributed by atoms with Crippen molar-refractivity contribution in [3.8, 4) is 0 Å². The zero-order valence-electron chi connectivity index (χ0n) is 10.8. The molecule has 0 bridgehead atoms. The summed E-state index contributed by atoms with van der Waals surface area (Å²) in [6, 6.07) is 1.92. The second-order valence-electron chi connectivity index (χ2n) is 4.97. The summed E-state index contributed by atoms with van der Waals surface area (Å²) in [6.45, 7) is 3.22. The van der Waals surface area contributed by atoms with Crippen molar-refractivity contribution >= 4 is 33.3 Å². The van der Waals surface area contributed by atoms with E-state index in [4.69, 9.17) is 5.73 Å². The Labute approximate surface area is 115 Å². The number of thiophene rings is 1. The molecule has 2 N–H and O–H groups in total. The lowest BCUT2D eigenvalue weighted by atomic mass is 9.99. The van der Waals surface area contributed by atoms with Crippen molar-refractivity contribution in [1.82, 2.24) is 14.9 Å². The number of anilines is 1. The second kappa shape index (κ2) is 4.77. The number of hydrogen-bond acceptors (Lipinski definition) is 5. The minimum Gasteiger partial charge on any atom is -0.383 e. The molecule has 100 valence electrons. The molecule has 1 fully saturated rings. The number of carbonyl (C=O) groups excluding carboxylic acids is 1. The first-order valence-corrected chi connectivity index (χ1v) is 7.31. The molecule has 19 heavy (non-hydrogen) atoms. The Bertz CT molecular complexity index is 624. The highest BCUT2D eigenvalue weighted by Crippen LogP contribution is 2.24. The second-order valence-corrected chi connectivity index (χ2v) is 5.86. The molecular weight excluding hydrogens is 260 g/mol. The van der Waals surface area contributed by atoms with Crippen LogP contribution in [0.25, 0.3) is 10.2 Å². The maximum absolute atomic E-state index is 12.1. The van der Waals surface area contributed by atoms with Gasteiger partial charge in [-0.3, -0.25) is 4.79 Å². The van der Waals surface area contributed by atoms with Gasteiger partial charge >= 0.3 is 0 Å². The number of fused-ring (bicyclic) bond motifs is 1. The van der Waals surface area contributed by atoms with Crippen LogP contribution in [0, 0.1) is 5.92 Å². The molecule has 5 nitrogen and oxygen atoms in total. The highest BCUT2D eigenvalue weighted by molar-refractivity contribution is 7.16. The number of nitrogen functional groups attached to an aromatic ring is 1. The first-order chi connectivity index (χ1) is 9.15. The Morgan fingerprint density at radius 3 is 3.21 bits per heavy atom. The van der Waals surface area contributed by atoms with Gasteiger partial charge in [-0.2, -0.15) is 0 Å². The van der Waals surface area contributed by atoms with Crippen molar-refractivity contribution < 1.29 is 4.79 Å². The van der Waals surface area contributed by atoms with E-state index in [0.717, 1.165) is 29.6 Å². The van der Waals surface area contributed by atoms with Crippen molar-refractivity contribution in [2.24, 2.45) is 5.92 Å². The summed E-state index contributed by atoms with van der Waals surface area (Å²) in [7, 11) is 0. The molecule has 2 aromatic rings. The number of likely N-dealkylation sites (tertiary alicyclic amines) is 1. The molecule has 1 atom stereocenters. The lowest BCUT2D eigenvalue weighted by molar-refractivity contribution is -0.138. The Hall–Kier alpha value is -1.69. The largest absolute Gasteiger partial charge is 0.383 e. The molecule has 0 aliphatic carbocycles. The molecule has 1 aliphatic rings. The predicted octanol–water partition coefficient (Wildman–Crippen LogP) is 2.03. The van der Waals surface area contributed by atoms with Gasteiger partial charge in [-0.15, -0.1) is 11.3 Å². The highest BCUT2D eigenvalue weighted by Gasteiger charge is 2.25. The van der Waals surface area contributed by atoms with E-state index in [1.54, 1.807) is 11.3 Å². The van der Waals surface area contributed by atoms with Crippen LogP contribution in [0.5, 0.6) is 0 Å². The van der Waals surface area contributed by atoms with Crippen LogP contribution in [0.4, 0.5) is 5.82 Å². The maximum atomic E-state index is 12.1. The van der Waals surface area contributed by atoms with Crippen LogP contribution >= 0.6 is 11.3 Å². The smallest absolute Gasteiger partial charge is 0.225 e. The van der Waals surface area contributed by atoms with Crippen molar-refractivity contribution in [2.75, 3.05) is 12.3 Å². The van der Waals surface area contributed by atoms with Crippen molar-refractivity contribution in [3.05, 3.63) is 17.3 Å². The van der Waals surface area contributed by atoms with Gasteiger partial charge in [0.15, 0.2) is 5.82 Å². The number of aromatic nitrogens is 2. The van der Waals surface area contributed by atoms with E-state index in [2.05, 4.69) is 9.97 Å². The summed E-state index contributed by atoms with van der Waals surface area (Å²) in [5, 5.41) is 2.85. The van der Waals surface area contributed by atoms with Crippen LogP contribution in [0.3, 0.4) is 0 Å². The van der Waals surface area contributed by atoms with Crippen molar-refractivity contribution in [1.29, 1.82) is 0 Å². The van der Waals surface area contributed by atoms with E-state index in [9.17, 15) is 4.79 Å². The summed E-state index contributed by atoms with van der Waals surface area (Å²) in [5.74, 6) is 1.44. The van der Waals surface area contributed by atoms with Gasteiger partial charge in [-0.05, 0) is 24.3 Å². The van der Waals surface area contributed by atoms with Gasteiger partial charge in [-0.25, -0.2) is 9.97 Å². The summed E-state index contributed by atoms with van der Waals surface area (Å²) in [4.78, 5) is 23.6. The SMILES string of the molecule is CC1CCCN(Cc2nc(N)c3ccsc3n2)C1=O. The summed E-state index contributed by atoms with van der Waals surface area (Å²) >= 11 is 1.54. The van der Waals surface area contributed by atoms with Crippen LogP contribution in [0.1, 0.15) is 25.6 Å². The molecule has 1 amide bonds. The summed E-state index contributed by atoms with van der Waals surface area (Å²) < 4.78 is 0. The lowest BCUT2D eigenvalue weighted by Crippen LogP contribution is -2.39. The lowest BCUT2D eigenvalue weighted by Gasteiger charge is -2.30. The molecule has 1 saturated heterocycles. The van der Waals surface area contributed by atoms with E-state index < -0.39 is 0 Å². The van der Waals surface area contributed by atoms with Gasteiger partial charge in [0.05, 0.1) is 11.9 Å². The fraction of sp³-hybridized carbons (Fsp3) is 0.462. The number of piperidine rings is 1. The fourth-order valence-electron chi connectivity index (χ4n) is 2.46. The Morgan fingerprint density at radius 2 is 2.37 bits per heavy atom. The third-order valence-corrected chi connectivity index (χ3v) is 4.34. The van der Waals surface area contributed by atoms with Gasteiger partial charge in [0, 0.05) is 12.5 Å². The molecule has 0 spiro atoms. The van der Waals surface area contributed by atoms with Crippen LogP contribution in [0.15, 0.2) is 11.4 Å². The number of nitrogens with zero attached hydrogens (tertiary/aromatic N) is 3. The monoisotopic (exact) mass is 276 g/mol. The summed E-state index contributed by atoms with van der Waals surface area (Å²) in [6.07, 6.45) is 2.02. The summed E-state index contributed by atoms with van der Waals surface area (Å²) in [5.41, 5.74) is 5.92. The molecule has 3 rings (SSSR count). The molecule has 1 unspecified atom stereocenters. The van der Waals surface area contributed by atoms with E-state index in [1.165, 1.54) is 0 Å². The minimum atomic E-state index is 0.108. The van der Waals surface area contributed by atoms with Gasteiger partial charge in [0.25, 0.3) is 0 Å². The van der Waals surface area contributed by atoms with Gasteiger partial charge in [0.2, 0.25) is 5.91 Å². The molecule has 2 aromatic heterocycles.